The van der Waals surface area contributed by atoms with Crippen LogP contribution in [-0.4, -0.2) is 104 Å². The monoisotopic (exact) mass is 650 g/mol. The molecule has 2 aromatic heterocycles. The number of benzene rings is 1. The van der Waals surface area contributed by atoms with E-state index in [4.69, 9.17) is 10.1 Å². The van der Waals surface area contributed by atoms with Crippen molar-refractivity contribution >= 4 is 41.5 Å². The predicted octanol–water partition coefficient (Wildman–Crippen LogP) is 2.59. The molecule has 0 unspecified atom stereocenters. The van der Waals surface area contributed by atoms with Crippen LogP contribution in [0.25, 0.3) is 6.08 Å². The van der Waals surface area contributed by atoms with Crippen LogP contribution in [0.15, 0.2) is 42.7 Å². The average Bonchev–Trinajstić information content (AvgIpc) is 3.59. The summed E-state index contributed by atoms with van der Waals surface area (Å²) in [5, 5.41) is 17.0. The van der Waals surface area contributed by atoms with E-state index in [2.05, 4.69) is 30.8 Å². The number of ether oxygens (including phenoxy) is 1. The molecule has 5 bridgehead atoms. The first kappa shape index (κ1) is 33.0. The summed E-state index contributed by atoms with van der Waals surface area (Å²) in [5.74, 6) is -0.259. The van der Waals surface area contributed by atoms with E-state index in [1.807, 2.05) is 51.4 Å². The topological polar surface area (TPSA) is 153 Å². The van der Waals surface area contributed by atoms with Gasteiger partial charge in [0.05, 0.1) is 18.6 Å². The van der Waals surface area contributed by atoms with E-state index in [1.54, 1.807) is 30.4 Å². The van der Waals surface area contributed by atoms with Gasteiger partial charge in [-0.15, -0.1) is 0 Å². The Morgan fingerprint density at radius 2 is 1.88 bits per heavy atom. The van der Waals surface area contributed by atoms with Crippen LogP contribution in [0, 0.1) is 12.3 Å². The summed E-state index contributed by atoms with van der Waals surface area (Å²) in [6, 6.07) is 6.71. The smallest absolute Gasteiger partial charge is 0.270 e. The van der Waals surface area contributed by atoms with E-state index >= 15 is 0 Å². The van der Waals surface area contributed by atoms with Gasteiger partial charge in [-0.25, -0.2) is 4.98 Å². The highest BCUT2D eigenvalue weighted by atomic mass is 16.5. The molecule has 12 nitrogen and oxygen atoms in total. The number of anilines is 2. The number of hydrogen-bond donors (Lipinski definition) is 4. The van der Waals surface area contributed by atoms with Gasteiger partial charge in [0.1, 0.15) is 17.6 Å². The van der Waals surface area contributed by atoms with Crippen molar-refractivity contribution in [2.75, 3.05) is 64.6 Å². The molecule has 6 rings (SSSR count). The predicted molar refractivity (Wildman–Crippen MR) is 185 cm³/mol. The second-order valence-electron chi connectivity index (χ2n) is 12.9. The molecule has 2 atom stereocenters. The molecular weight excluding hydrogens is 608 g/mol. The summed E-state index contributed by atoms with van der Waals surface area (Å²) < 4.78 is 5.84. The lowest BCUT2D eigenvalue weighted by Gasteiger charge is -2.27. The number of nitrogens with one attached hydrogen (secondary N) is 4. The Balaban J connectivity index is 1.33. The van der Waals surface area contributed by atoms with Crippen LogP contribution in [0.4, 0.5) is 11.5 Å². The number of fused-ring (bicyclic) bond motifs is 2. The minimum absolute atomic E-state index is 0.118. The molecule has 1 aliphatic carbocycles. The molecule has 1 aromatic carbocycles. The molecule has 3 aromatic rings. The first-order valence-corrected chi connectivity index (χ1v) is 16.2. The SMILES string of the molecule is CNc1c(C)cc(C[C@H]2NC(=O)c3cc4c(cn3)C[C@@]3(C4)C(=O)Nc4ncc(cc43)/C=C/COCCN(C)CCN(C)C2=O)cc1C=N. The van der Waals surface area contributed by atoms with Crippen molar-refractivity contribution < 1.29 is 19.1 Å². The van der Waals surface area contributed by atoms with Crippen LogP contribution in [0.3, 0.4) is 0 Å². The van der Waals surface area contributed by atoms with Crippen LogP contribution >= 0.6 is 0 Å². The summed E-state index contributed by atoms with van der Waals surface area (Å²) in [5.41, 5.74) is 6.13. The fraction of sp³-hybridized carbons (Fsp3) is 0.389. The number of hydrogen-bond acceptors (Lipinski definition) is 9. The number of rotatable bonds is 4. The molecule has 48 heavy (non-hydrogen) atoms. The lowest BCUT2D eigenvalue weighted by Crippen LogP contribution is -2.50. The lowest BCUT2D eigenvalue weighted by atomic mass is 9.79. The number of nitrogens with zero attached hydrogens (tertiary/aromatic N) is 4. The van der Waals surface area contributed by atoms with Gasteiger partial charge in [0.15, 0.2) is 0 Å². The fourth-order valence-corrected chi connectivity index (χ4v) is 6.92. The van der Waals surface area contributed by atoms with Crippen LogP contribution in [0.1, 0.15) is 49.4 Å². The minimum atomic E-state index is -0.877. The third kappa shape index (κ3) is 6.45. The second-order valence-corrected chi connectivity index (χ2v) is 12.9. The fourth-order valence-electron chi connectivity index (χ4n) is 6.92. The first-order valence-electron chi connectivity index (χ1n) is 16.2. The third-order valence-corrected chi connectivity index (χ3v) is 9.60. The Kier molecular flexibility index (Phi) is 9.38. The molecule has 250 valence electrons. The molecular formula is C36H42N8O4. The minimum Gasteiger partial charge on any atom is -0.387 e. The van der Waals surface area contributed by atoms with Crippen molar-refractivity contribution in [1.82, 2.24) is 25.1 Å². The maximum absolute atomic E-state index is 13.9. The van der Waals surface area contributed by atoms with Crippen LogP contribution in [-0.2, 0) is 39.0 Å². The zero-order valence-electron chi connectivity index (χ0n) is 27.9. The molecule has 0 fully saturated rings. The maximum Gasteiger partial charge on any atom is 0.270 e. The zero-order chi connectivity index (χ0) is 34.0. The van der Waals surface area contributed by atoms with Crippen molar-refractivity contribution in [3.05, 3.63) is 87.4 Å². The largest absolute Gasteiger partial charge is 0.387 e. The highest BCUT2D eigenvalue weighted by Gasteiger charge is 2.51. The van der Waals surface area contributed by atoms with Crippen LogP contribution in [0.5, 0.6) is 0 Å². The van der Waals surface area contributed by atoms with Crippen molar-refractivity contribution in [1.29, 1.82) is 5.41 Å². The van der Waals surface area contributed by atoms with Gasteiger partial charge in [-0.05, 0) is 72.8 Å². The summed E-state index contributed by atoms with van der Waals surface area (Å²) in [4.78, 5) is 54.0. The van der Waals surface area contributed by atoms with Gasteiger partial charge in [-0.3, -0.25) is 19.4 Å². The van der Waals surface area contributed by atoms with Crippen molar-refractivity contribution in [3.63, 3.8) is 0 Å². The molecule has 0 radical (unpaired) electrons. The van der Waals surface area contributed by atoms with E-state index in [0.717, 1.165) is 39.1 Å². The average molecular weight is 651 g/mol. The molecule has 3 aliphatic rings. The van der Waals surface area contributed by atoms with Crippen molar-refractivity contribution in [2.45, 2.75) is 37.6 Å². The van der Waals surface area contributed by atoms with Gasteiger partial charge in [0, 0.05) is 75.6 Å². The Hall–Kier alpha value is -4.94. The van der Waals surface area contributed by atoms with Gasteiger partial charge in [0.25, 0.3) is 5.91 Å². The molecule has 12 heteroatoms. The second kappa shape index (κ2) is 13.7. The number of carbonyl (C=O) groups is 3. The van der Waals surface area contributed by atoms with Crippen molar-refractivity contribution in [2.24, 2.45) is 0 Å². The zero-order valence-corrected chi connectivity index (χ0v) is 27.9. The number of aryl methyl sites for hydroxylation is 1. The normalized spacial score (nSPS) is 22.5. The summed E-state index contributed by atoms with van der Waals surface area (Å²) in [6.45, 7) is 4.66. The van der Waals surface area contributed by atoms with Gasteiger partial charge in [-0.2, -0.15) is 0 Å². The van der Waals surface area contributed by atoms with Gasteiger partial charge >= 0.3 is 0 Å². The summed E-state index contributed by atoms with van der Waals surface area (Å²) in [6.07, 6.45) is 9.67. The Morgan fingerprint density at radius 3 is 2.67 bits per heavy atom. The standard InChI is InChI=1S/C36H42N8O4/c1-22-12-24(13-26(19-37)31(22)38-2)15-30-34(46)44(4)8-7-43(3)9-11-48-10-5-6-23-14-28-32(40-20-23)42-35(47)36(28)17-25-16-29(33(45)41-30)39-21-27(25)18-36/h5-6,12-14,16,19-21,30,37-38H,7-11,15,17-18H2,1-4H3,(H,41,45)(H,40,42,47)/b6-5+,37-19?/t30-,36-/m1/s1. The van der Waals surface area contributed by atoms with Gasteiger partial charge in [0.2, 0.25) is 11.8 Å². The summed E-state index contributed by atoms with van der Waals surface area (Å²) >= 11 is 0. The molecule has 0 saturated carbocycles. The maximum atomic E-state index is 13.9. The number of aromatic nitrogens is 2. The van der Waals surface area contributed by atoms with Gasteiger partial charge in [-0.1, -0.05) is 18.2 Å². The molecule has 3 amide bonds. The molecule has 4 heterocycles. The van der Waals surface area contributed by atoms with Gasteiger partial charge < -0.3 is 35.9 Å². The quantitative estimate of drug-likeness (QED) is 0.315. The number of pyridine rings is 2. The highest BCUT2D eigenvalue weighted by molar-refractivity contribution is 6.06. The van der Waals surface area contributed by atoms with E-state index in [9.17, 15) is 14.4 Å². The molecule has 0 saturated heterocycles. The third-order valence-electron chi connectivity index (χ3n) is 9.60. The Labute approximate surface area is 280 Å². The van der Waals surface area contributed by atoms with E-state index in [0.29, 0.717) is 57.1 Å². The van der Waals surface area contributed by atoms with Crippen molar-refractivity contribution in [3.8, 4) is 0 Å². The summed E-state index contributed by atoms with van der Waals surface area (Å²) in [7, 11) is 5.53. The van der Waals surface area contributed by atoms with Crippen LogP contribution in [0.2, 0.25) is 0 Å². The lowest BCUT2D eigenvalue weighted by molar-refractivity contribution is -0.132. The van der Waals surface area contributed by atoms with Crippen LogP contribution < -0.4 is 16.0 Å². The first-order chi connectivity index (χ1) is 23.1. The number of carbonyl (C=O) groups excluding carboxylic acids is 3. The molecule has 1 spiro atoms. The number of amides is 3. The van der Waals surface area contributed by atoms with E-state index in [1.165, 1.54) is 6.21 Å². The number of likely N-dealkylation sites (N-methyl/N-ethyl adjacent to an activating group) is 2. The Bertz CT molecular complexity index is 1810. The highest BCUT2D eigenvalue weighted by Crippen LogP contribution is 2.47. The molecule has 2 aliphatic heterocycles. The van der Waals surface area contributed by atoms with E-state index < -0.39 is 17.4 Å². The van der Waals surface area contributed by atoms with E-state index in [-0.39, 0.29) is 23.9 Å². The molecule has 4 N–H and O–H groups in total. The Morgan fingerprint density at radius 1 is 1.06 bits per heavy atom.